The molecule has 1 aliphatic rings. The van der Waals surface area contributed by atoms with Gasteiger partial charge in [0.15, 0.2) is 0 Å². The lowest BCUT2D eigenvalue weighted by molar-refractivity contribution is 0.602. The van der Waals surface area contributed by atoms with Crippen molar-refractivity contribution in [3.63, 3.8) is 0 Å². The molecule has 0 bridgehead atoms. The molecule has 14 heavy (non-hydrogen) atoms. The van der Waals surface area contributed by atoms with Gasteiger partial charge in [-0.1, -0.05) is 23.7 Å². The Kier molecular flexibility index (Phi) is 2.94. The Morgan fingerprint density at radius 3 is 2.86 bits per heavy atom. The second-order valence-corrected chi connectivity index (χ2v) is 4.20. The normalized spacial score (nSPS) is 21.6. The Hall–Kier alpha value is -0.730. The molecule has 0 aliphatic carbocycles. The molecule has 0 radical (unpaired) electrons. The average Bonchev–Trinajstić information content (AvgIpc) is 2.67. The van der Waals surface area contributed by atoms with Gasteiger partial charge in [-0.15, -0.1) is 0 Å². The summed E-state index contributed by atoms with van der Waals surface area (Å²) in [4.78, 5) is 2.32. The van der Waals surface area contributed by atoms with Crippen LogP contribution in [0.4, 0.5) is 5.69 Å². The van der Waals surface area contributed by atoms with Crippen LogP contribution >= 0.6 is 11.6 Å². The van der Waals surface area contributed by atoms with E-state index in [9.17, 15) is 0 Å². The zero-order chi connectivity index (χ0) is 9.97. The summed E-state index contributed by atoms with van der Waals surface area (Å²) in [6, 6.07) is 7.99. The van der Waals surface area contributed by atoms with Crippen molar-refractivity contribution < 1.29 is 0 Å². The molecule has 3 heteroatoms. The number of benzene rings is 1. The van der Waals surface area contributed by atoms with Crippen molar-refractivity contribution in [3.05, 3.63) is 29.3 Å². The van der Waals surface area contributed by atoms with Gasteiger partial charge in [-0.25, -0.2) is 0 Å². The Bertz CT molecular complexity index is 314. The molecule has 0 amide bonds. The number of hydrogen-bond donors (Lipinski definition) is 1. The van der Waals surface area contributed by atoms with E-state index < -0.39 is 0 Å². The average molecular weight is 211 g/mol. The van der Waals surface area contributed by atoms with Crippen LogP contribution in [0.1, 0.15) is 6.42 Å². The maximum atomic E-state index is 6.12. The van der Waals surface area contributed by atoms with Crippen LogP contribution in [0.15, 0.2) is 24.3 Å². The topological polar surface area (TPSA) is 29.3 Å². The van der Waals surface area contributed by atoms with E-state index in [1.807, 2.05) is 18.2 Å². The van der Waals surface area contributed by atoms with Crippen LogP contribution in [0, 0.1) is 5.92 Å². The van der Waals surface area contributed by atoms with Gasteiger partial charge >= 0.3 is 0 Å². The van der Waals surface area contributed by atoms with Gasteiger partial charge < -0.3 is 10.6 Å². The monoisotopic (exact) mass is 210 g/mol. The molecule has 2 N–H and O–H groups in total. The van der Waals surface area contributed by atoms with E-state index in [2.05, 4.69) is 11.0 Å². The summed E-state index contributed by atoms with van der Waals surface area (Å²) in [5, 5.41) is 0.838. The molecular weight excluding hydrogens is 196 g/mol. The molecule has 1 saturated heterocycles. The van der Waals surface area contributed by atoms with Gasteiger partial charge in [0, 0.05) is 13.1 Å². The van der Waals surface area contributed by atoms with Crippen molar-refractivity contribution in [2.75, 3.05) is 24.5 Å². The summed E-state index contributed by atoms with van der Waals surface area (Å²) in [5.41, 5.74) is 6.80. The molecule has 1 heterocycles. The Balaban J connectivity index is 2.13. The number of halogens is 1. The molecular formula is C11H15ClN2. The van der Waals surface area contributed by atoms with Gasteiger partial charge in [0.05, 0.1) is 10.7 Å². The van der Waals surface area contributed by atoms with Gasteiger partial charge in [0.1, 0.15) is 0 Å². The van der Waals surface area contributed by atoms with Gasteiger partial charge in [0.2, 0.25) is 0 Å². The molecule has 2 rings (SSSR count). The first-order valence-electron chi connectivity index (χ1n) is 5.01. The summed E-state index contributed by atoms with van der Waals surface area (Å²) in [5.74, 6) is 0.631. The van der Waals surface area contributed by atoms with Crippen molar-refractivity contribution in [1.29, 1.82) is 0 Å². The number of nitrogens with two attached hydrogens (primary N) is 1. The van der Waals surface area contributed by atoms with E-state index in [1.165, 1.54) is 6.42 Å². The van der Waals surface area contributed by atoms with Crippen LogP contribution in [0.5, 0.6) is 0 Å². The molecule has 0 aromatic heterocycles. The Morgan fingerprint density at radius 2 is 2.21 bits per heavy atom. The van der Waals surface area contributed by atoms with Crippen LogP contribution in [0.25, 0.3) is 0 Å². The molecule has 1 atom stereocenters. The molecule has 1 unspecified atom stereocenters. The van der Waals surface area contributed by atoms with E-state index >= 15 is 0 Å². The van der Waals surface area contributed by atoms with Gasteiger partial charge in [-0.05, 0) is 31.0 Å². The number of rotatable bonds is 2. The van der Waals surface area contributed by atoms with E-state index in [1.54, 1.807) is 0 Å². The molecule has 2 nitrogen and oxygen atoms in total. The lowest BCUT2D eigenvalue weighted by Crippen LogP contribution is -2.22. The third kappa shape index (κ3) is 1.86. The second kappa shape index (κ2) is 4.20. The van der Waals surface area contributed by atoms with Crippen LogP contribution in [0.3, 0.4) is 0 Å². The van der Waals surface area contributed by atoms with Crippen LogP contribution in [0.2, 0.25) is 5.02 Å². The maximum Gasteiger partial charge on any atom is 0.0639 e. The quantitative estimate of drug-likeness (QED) is 0.811. The number of para-hydroxylation sites is 1. The molecule has 76 valence electrons. The lowest BCUT2D eigenvalue weighted by atomic mass is 10.1. The van der Waals surface area contributed by atoms with E-state index in [0.717, 1.165) is 30.3 Å². The molecule has 0 saturated carbocycles. The molecule has 0 spiro atoms. The fraction of sp³-hybridized carbons (Fsp3) is 0.455. The molecule has 1 aliphatic heterocycles. The predicted octanol–water partition coefficient (Wildman–Crippen LogP) is 2.12. The summed E-state index contributed by atoms with van der Waals surface area (Å²) in [6.45, 7) is 2.90. The minimum absolute atomic E-state index is 0.631. The fourth-order valence-electron chi connectivity index (χ4n) is 1.95. The lowest BCUT2D eigenvalue weighted by Gasteiger charge is -2.19. The van der Waals surface area contributed by atoms with Crippen LogP contribution in [-0.4, -0.2) is 19.6 Å². The largest absolute Gasteiger partial charge is 0.370 e. The zero-order valence-corrected chi connectivity index (χ0v) is 8.87. The highest BCUT2D eigenvalue weighted by Gasteiger charge is 2.22. The zero-order valence-electron chi connectivity index (χ0n) is 8.12. The molecule has 1 aromatic rings. The second-order valence-electron chi connectivity index (χ2n) is 3.79. The first-order chi connectivity index (χ1) is 6.81. The van der Waals surface area contributed by atoms with Gasteiger partial charge in [-0.3, -0.25) is 0 Å². The highest BCUT2D eigenvalue weighted by molar-refractivity contribution is 6.33. The van der Waals surface area contributed by atoms with Crippen LogP contribution in [-0.2, 0) is 0 Å². The number of hydrogen-bond acceptors (Lipinski definition) is 2. The third-order valence-corrected chi connectivity index (χ3v) is 3.13. The van der Waals surface area contributed by atoms with Crippen molar-refractivity contribution in [2.45, 2.75) is 6.42 Å². The summed E-state index contributed by atoms with van der Waals surface area (Å²) in [6.07, 6.45) is 1.18. The van der Waals surface area contributed by atoms with Gasteiger partial charge in [-0.2, -0.15) is 0 Å². The third-order valence-electron chi connectivity index (χ3n) is 2.81. The van der Waals surface area contributed by atoms with Gasteiger partial charge in [0.25, 0.3) is 0 Å². The van der Waals surface area contributed by atoms with Crippen LogP contribution < -0.4 is 10.6 Å². The number of anilines is 1. The van der Waals surface area contributed by atoms with Crippen molar-refractivity contribution in [2.24, 2.45) is 11.7 Å². The minimum Gasteiger partial charge on any atom is -0.370 e. The summed E-state index contributed by atoms with van der Waals surface area (Å²) >= 11 is 6.12. The number of nitrogens with zero attached hydrogens (tertiary/aromatic N) is 1. The van der Waals surface area contributed by atoms with E-state index in [-0.39, 0.29) is 0 Å². The summed E-state index contributed by atoms with van der Waals surface area (Å²) < 4.78 is 0. The molecule has 1 aromatic carbocycles. The summed E-state index contributed by atoms with van der Waals surface area (Å²) in [7, 11) is 0. The van der Waals surface area contributed by atoms with Crippen molar-refractivity contribution in [3.8, 4) is 0 Å². The van der Waals surface area contributed by atoms with E-state index in [0.29, 0.717) is 5.92 Å². The predicted molar refractivity (Wildman–Crippen MR) is 60.8 cm³/mol. The van der Waals surface area contributed by atoms with Crippen molar-refractivity contribution in [1.82, 2.24) is 0 Å². The maximum absolute atomic E-state index is 6.12. The standard InChI is InChI=1S/C11H15ClN2/c12-10-3-1-2-4-11(10)14-6-5-9(7-13)8-14/h1-4,9H,5-8,13H2. The highest BCUT2D eigenvalue weighted by atomic mass is 35.5. The smallest absolute Gasteiger partial charge is 0.0639 e. The SMILES string of the molecule is NCC1CCN(c2ccccc2Cl)C1. The molecule has 1 fully saturated rings. The Labute approximate surface area is 89.7 Å². The van der Waals surface area contributed by atoms with Crippen molar-refractivity contribution >= 4 is 17.3 Å². The highest BCUT2D eigenvalue weighted by Crippen LogP contribution is 2.29. The minimum atomic E-state index is 0.631. The van der Waals surface area contributed by atoms with E-state index in [4.69, 9.17) is 17.3 Å². The fourth-order valence-corrected chi connectivity index (χ4v) is 2.21. The first kappa shape index (κ1) is 9.81. The Morgan fingerprint density at radius 1 is 1.43 bits per heavy atom. The first-order valence-corrected chi connectivity index (χ1v) is 5.38.